The molecule has 3 nitrogen and oxygen atoms in total. The molecule has 1 saturated carbocycles. The number of hydrogen-bond donors (Lipinski definition) is 1. The zero-order valence-electron chi connectivity index (χ0n) is 10.3. The second-order valence-corrected chi connectivity index (χ2v) is 5.34. The maximum absolute atomic E-state index is 11.1. The fraction of sp³-hybridized carbons (Fsp3) is 0.917. The summed E-state index contributed by atoms with van der Waals surface area (Å²) < 4.78 is 4.88. The Morgan fingerprint density at radius 2 is 2.31 bits per heavy atom. The van der Waals surface area contributed by atoms with Gasteiger partial charge in [-0.15, -0.1) is 0 Å². The van der Waals surface area contributed by atoms with Crippen molar-refractivity contribution in [1.29, 1.82) is 0 Å². The number of nitrogens with one attached hydrogen (secondary N) is 1. The van der Waals surface area contributed by atoms with E-state index in [9.17, 15) is 4.79 Å². The summed E-state index contributed by atoms with van der Waals surface area (Å²) in [7, 11) is 2.05. The van der Waals surface area contributed by atoms with Crippen molar-refractivity contribution in [3.8, 4) is 0 Å². The molecule has 0 heterocycles. The third-order valence-corrected chi connectivity index (χ3v) is 4.15. The van der Waals surface area contributed by atoms with Gasteiger partial charge >= 0.3 is 5.97 Å². The van der Waals surface area contributed by atoms with Crippen LogP contribution in [0.15, 0.2) is 0 Å². The van der Waals surface area contributed by atoms with Crippen LogP contribution in [-0.2, 0) is 9.53 Å². The van der Waals surface area contributed by atoms with Gasteiger partial charge in [-0.25, -0.2) is 0 Å². The third kappa shape index (κ3) is 4.74. The molecule has 0 amide bonds. The Bertz CT molecular complexity index is 211. The molecular formula is C12H23NO2S. The Morgan fingerprint density at radius 3 is 3.00 bits per heavy atom. The molecule has 0 spiro atoms. The molecule has 1 N–H and O–H groups in total. The Balaban J connectivity index is 2.04. The minimum atomic E-state index is -0.0795. The Labute approximate surface area is 103 Å². The summed E-state index contributed by atoms with van der Waals surface area (Å²) in [5.41, 5.74) is 0. The quantitative estimate of drug-likeness (QED) is 0.550. The minimum Gasteiger partial charge on any atom is -0.465 e. The predicted octanol–water partition coefficient (Wildman–Crippen LogP) is 2.06. The van der Waals surface area contributed by atoms with E-state index in [1.165, 1.54) is 25.7 Å². The molecule has 1 fully saturated rings. The molecular weight excluding hydrogens is 222 g/mol. The number of carbonyl (C=O) groups is 1. The number of esters is 1. The van der Waals surface area contributed by atoms with E-state index in [4.69, 9.17) is 4.74 Å². The van der Waals surface area contributed by atoms with Crippen LogP contribution in [0.4, 0.5) is 0 Å². The fourth-order valence-electron chi connectivity index (χ4n) is 2.36. The standard InChI is InChI=1S/C12H23NO2S/c1-3-15-12(14)9-16-8-7-10-5-4-6-11(10)13-2/h10-11,13H,3-9H2,1-2H3. The van der Waals surface area contributed by atoms with E-state index in [2.05, 4.69) is 12.4 Å². The van der Waals surface area contributed by atoms with Crippen molar-refractivity contribution in [1.82, 2.24) is 5.32 Å². The van der Waals surface area contributed by atoms with E-state index in [0.717, 1.165) is 11.7 Å². The van der Waals surface area contributed by atoms with Crippen LogP contribution in [0, 0.1) is 5.92 Å². The number of thioether (sulfide) groups is 1. The van der Waals surface area contributed by atoms with Crippen LogP contribution in [0.3, 0.4) is 0 Å². The van der Waals surface area contributed by atoms with Gasteiger partial charge in [-0.1, -0.05) is 6.42 Å². The average Bonchev–Trinajstić information content (AvgIpc) is 2.72. The van der Waals surface area contributed by atoms with Crippen LogP contribution in [0.2, 0.25) is 0 Å². The van der Waals surface area contributed by atoms with E-state index in [1.807, 2.05) is 6.92 Å². The van der Waals surface area contributed by atoms with Crippen LogP contribution in [0.1, 0.15) is 32.6 Å². The van der Waals surface area contributed by atoms with E-state index in [-0.39, 0.29) is 5.97 Å². The molecule has 0 bridgehead atoms. The van der Waals surface area contributed by atoms with Gasteiger partial charge in [-0.05, 0) is 44.9 Å². The van der Waals surface area contributed by atoms with Crippen LogP contribution in [0.5, 0.6) is 0 Å². The first-order valence-electron chi connectivity index (χ1n) is 6.18. The lowest BCUT2D eigenvalue weighted by molar-refractivity contribution is -0.139. The zero-order chi connectivity index (χ0) is 11.8. The number of rotatable bonds is 7. The highest BCUT2D eigenvalue weighted by molar-refractivity contribution is 7.99. The first kappa shape index (κ1) is 13.8. The number of carbonyl (C=O) groups excluding carboxylic acids is 1. The van der Waals surface area contributed by atoms with Gasteiger partial charge in [0.2, 0.25) is 0 Å². The van der Waals surface area contributed by atoms with Crippen molar-refractivity contribution < 1.29 is 9.53 Å². The number of hydrogen-bond acceptors (Lipinski definition) is 4. The van der Waals surface area contributed by atoms with E-state index in [0.29, 0.717) is 18.4 Å². The first-order valence-corrected chi connectivity index (χ1v) is 7.34. The van der Waals surface area contributed by atoms with Crippen LogP contribution < -0.4 is 5.32 Å². The van der Waals surface area contributed by atoms with Crippen molar-refractivity contribution >= 4 is 17.7 Å². The van der Waals surface area contributed by atoms with Gasteiger partial charge in [-0.3, -0.25) is 4.79 Å². The molecule has 0 aromatic heterocycles. The maximum Gasteiger partial charge on any atom is 0.315 e. The Hall–Kier alpha value is -0.220. The zero-order valence-corrected chi connectivity index (χ0v) is 11.1. The summed E-state index contributed by atoms with van der Waals surface area (Å²) in [5, 5.41) is 3.38. The largest absolute Gasteiger partial charge is 0.465 e. The second kappa shape index (κ2) is 7.96. The molecule has 1 rings (SSSR count). The average molecular weight is 245 g/mol. The second-order valence-electron chi connectivity index (χ2n) is 4.23. The van der Waals surface area contributed by atoms with Gasteiger partial charge in [0.15, 0.2) is 0 Å². The molecule has 0 aliphatic heterocycles. The van der Waals surface area contributed by atoms with E-state index >= 15 is 0 Å². The summed E-state index contributed by atoms with van der Waals surface area (Å²) >= 11 is 1.70. The van der Waals surface area contributed by atoms with E-state index in [1.54, 1.807) is 11.8 Å². The van der Waals surface area contributed by atoms with Gasteiger partial charge in [0.1, 0.15) is 0 Å². The maximum atomic E-state index is 11.1. The minimum absolute atomic E-state index is 0.0795. The molecule has 2 atom stereocenters. The molecule has 1 aliphatic carbocycles. The monoisotopic (exact) mass is 245 g/mol. The van der Waals surface area contributed by atoms with Gasteiger partial charge in [0.05, 0.1) is 12.4 Å². The molecule has 0 aromatic rings. The Kier molecular flexibility index (Phi) is 6.88. The summed E-state index contributed by atoms with van der Waals surface area (Å²) in [6.07, 6.45) is 5.21. The SMILES string of the molecule is CCOC(=O)CSCCC1CCCC1NC. The Morgan fingerprint density at radius 1 is 1.50 bits per heavy atom. The van der Waals surface area contributed by atoms with Crippen LogP contribution in [-0.4, -0.2) is 37.2 Å². The topological polar surface area (TPSA) is 38.3 Å². The molecule has 94 valence electrons. The molecule has 4 heteroatoms. The summed E-state index contributed by atoms with van der Waals surface area (Å²) in [6, 6.07) is 0.697. The highest BCUT2D eigenvalue weighted by Gasteiger charge is 2.25. The summed E-state index contributed by atoms with van der Waals surface area (Å²) in [4.78, 5) is 11.1. The van der Waals surface area contributed by atoms with Gasteiger partial charge < -0.3 is 10.1 Å². The summed E-state index contributed by atoms with van der Waals surface area (Å²) in [5.74, 6) is 2.30. The van der Waals surface area contributed by atoms with Gasteiger partial charge in [0.25, 0.3) is 0 Å². The molecule has 0 saturated heterocycles. The predicted molar refractivity (Wildman–Crippen MR) is 68.8 cm³/mol. The lowest BCUT2D eigenvalue weighted by Crippen LogP contribution is -2.29. The van der Waals surface area contributed by atoms with Crippen LogP contribution >= 0.6 is 11.8 Å². The normalized spacial score (nSPS) is 24.6. The highest BCUT2D eigenvalue weighted by Crippen LogP contribution is 2.29. The lowest BCUT2D eigenvalue weighted by Gasteiger charge is -2.18. The smallest absolute Gasteiger partial charge is 0.315 e. The van der Waals surface area contributed by atoms with Crippen LogP contribution in [0.25, 0.3) is 0 Å². The summed E-state index contributed by atoms with van der Waals surface area (Å²) in [6.45, 7) is 2.34. The van der Waals surface area contributed by atoms with Gasteiger partial charge in [0, 0.05) is 6.04 Å². The number of ether oxygens (including phenoxy) is 1. The van der Waals surface area contributed by atoms with Crippen molar-refractivity contribution in [2.45, 2.75) is 38.6 Å². The van der Waals surface area contributed by atoms with Gasteiger partial charge in [-0.2, -0.15) is 11.8 Å². The molecule has 16 heavy (non-hydrogen) atoms. The van der Waals surface area contributed by atoms with Crippen molar-refractivity contribution in [2.24, 2.45) is 5.92 Å². The highest BCUT2D eigenvalue weighted by atomic mass is 32.2. The molecule has 0 aromatic carbocycles. The molecule has 2 unspecified atom stereocenters. The van der Waals surface area contributed by atoms with Crippen molar-refractivity contribution in [2.75, 3.05) is 25.2 Å². The lowest BCUT2D eigenvalue weighted by atomic mass is 10.0. The van der Waals surface area contributed by atoms with E-state index < -0.39 is 0 Å². The molecule has 0 radical (unpaired) electrons. The first-order chi connectivity index (χ1) is 7.77. The molecule has 1 aliphatic rings. The van der Waals surface area contributed by atoms with Crippen molar-refractivity contribution in [3.05, 3.63) is 0 Å². The third-order valence-electron chi connectivity index (χ3n) is 3.19. The van der Waals surface area contributed by atoms with Crippen molar-refractivity contribution in [3.63, 3.8) is 0 Å². The fourth-order valence-corrected chi connectivity index (χ4v) is 3.22.